The fourth-order valence-corrected chi connectivity index (χ4v) is 3.58. The molecule has 6 heteroatoms. The number of aromatic nitrogens is 1. The van der Waals surface area contributed by atoms with E-state index in [1.165, 1.54) is 5.56 Å². The molecule has 2 N–H and O–H groups in total. The molecule has 0 spiro atoms. The highest BCUT2D eigenvalue weighted by Gasteiger charge is 2.31. The largest absolute Gasteiger partial charge is 0.493 e. The topological polar surface area (TPSA) is 71.5 Å². The Labute approximate surface area is 151 Å². The van der Waals surface area contributed by atoms with E-state index in [9.17, 15) is 9.90 Å². The number of aliphatic hydroxyl groups excluding tert-OH is 1. The molecule has 2 unspecified atom stereocenters. The van der Waals surface area contributed by atoms with Crippen molar-refractivity contribution in [3.05, 3.63) is 59.4 Å². The van der Waals surface area contributed by atoms with Gasteiger partial charge in [0.2, 0.25) is 0 Å². The fraction of sp³-hybridized carbons (Fsp3) is 0.368. The average Bonchev–Trinajstić information content (AvgIpc) is 2.94. The Bertz CT molecular complexity index is 704. The lowest BCUT2D eigenvalue weighted by molar-refractivity contribution is 0.152. The van der Waals surface area contributed by atoms with Crippen LogP contribution in [0.2, 0.25) is 0 Å². The summed E-state index contributed by atoms with van der Waals surface area (Å²) < 4.78 is 5.77. The van der Waals surface area contributed by atoms with E-state index in [1.54, 1.807) is 0 Å². The summed E-state index contributed by atoms with van der Waals surface area (Å²) in [7, 11) is 0. The molecule has 3 rings (SSSR count). The highest BCUT2D eigenvalue weighted by atomic mass is 32.2. The van der Waals surface area contributed by atoms with E-state index < -0.39 is 6.23 Å². The predicted octanol–water partition coefficient (Wildman–Crippen LogP) is 2.95. The number of thioether (sulfide) groups is 1. The number of benzene rings is 1. The van der Waals surface area contributed by atoms with Crippen molar-refractivity contribution in [3.63, 3.8) is 0 Å². The van der Waals surface area contributed by atoms with Crippen LogP contribution in [-0.4, -0.2) is 33.4 Å². The maximum absolute atomic E-state index is 11.2. The zero-order valence-corrected chi connectivity index (χ0v) is 15.0. The summed E-state index contributed by atoms with van der Waals surface area (Å²) in [5, 5.41) is 11.9. The molecule has 0 bridgehead atoms. The molecule has 0 radical (unpaired) electrons. The molecule has 2 atom stereocenters. The predicted molar refractivity (Wildman–Crippen MR) is 98.9 cm³/mol. The van der Waals surface area contributed by atoms with Crippen molar-refractivity contribution in [1.82, 2.24) is 10.3 Å². The lowest BCUT2D eigenvalue weighted by Crippen LogP contribution is -2.31. The number of aliphatic hydroxyl groups is 1. The van der Waals surface area contributed by atoms with Gasteiger partial charge in [-0.1, -0.05) is 36.9 Å². The van der Waals surface area contributed by atoms with E-state index in [1.807, 2.05) is 36.5 Å². The summed E-state index contributed by atoms with van der Waals surface area (Å²) in [5.74, 6) is 0.808. The molecule has 2 aromatic rings. The van der Waals surface area contributed by atoms with Gasteiger partial charge in [0, 0.05) is 18.3 Å². The Morgan fingerprint density at radius 3 is 2.56 bits per heavy atom. The van der Waals surface area contributed by atoms with Crippen LogP contribution in [0.3, 0.4) is 0 Å². The number of carbonyl (C=O) groups excluding carboxylic acids is 1. The summed E-state index contributed by atoms with van der Waals surface area (Å²) in [6, 6.07) is 11.9. The Morgan fingerprint density at radius 1 is 1.20 bits per heavy atom. The second kappa shape index (κ2) is 8.36. The molecule has 1 saturated heterocycles. The molecule has 1 aliphatic heterocycles. The number of rotatable bonds is 7. The van der Waals surface area contributed by atoms with Crippen LogP contribution in [0, 0.1) is 0 Å². The first-order valence-electron chi connectivity index (χ1n) is 8.45. The van der Waals surface area contributed by atoms with Gasteiger partial charge in [-0.15, -0.1) is 0 Å². The van der Waals surface area contributed by atoms with E-state index in [-0.39, 0.29) is 10.5 Å². The van der Waals surface area contributed by atoms with Crippen molar-refractivity contribution in [3.8, 4) is 5.75 Å². The van der Waals surface area contributed by atoms with Crippen LogP contribution in [0.5, 0.6) is 5.75 Å². The average molecular weight is 358 g/mol. The minimum Gasteiger partial charge on any atom is -0.493 e. The summed E-state index contributed by atoms with van der Waals surface area (Å²) >= 11 is 1.15. The second-order valence-corrected chi connectivity index (χ2v) is 7.20. The number of amides is 1. The third kappa shape index (κ3) is 4.96. The molecule has 2 heterocycles. The fourth-order valence-electron chi connectivity index (χ4n) is 2.64. The van der Waals surface area contributed by atoms with Crippen LogP contribution in [0.1, 0.15) is 23.7 Å². The van der Waals surface area contributed by atoms with Gasteiger partial charge in [0.15, 0.2) is 0 Å². The van der Waals surface area contributed by atoms with Crippen LogP contribution in [0.15, 0.2) is 42.6 Å². The first-order chi connectivity index (χ1) is 12.1. The minimum absolute atomic E-state index is 0.142. The van der Waals surface area contributed by atoms with Crippen molar-refractivity contribution < 1.29 is 14.6 Å². The van der Waals surface area contributed by atoms with Crippen molar-refractivity contribution >= 4 is 17.0 Å². The first kappa shape index (κ1) is 17.8. The van der Waals surface area contributed by atoms with Gasteiger partial charge in [0.1, 0.15) is 12.0 Å². The van der Waals surface area contributed by atoms with Crippen molar-refractivity contribution in [2.75, 3.05) is 6.61 Å². The summed E-state index contributed by atoms with van der Waals surface area (Å²) in [6.45, 7) is 2.69. The van der Waals surface area contributed by atoms with Gasteiger partial charge in [-0.2, -0.15) is 0 Å². The number of aryl methyl sites for hydroxylation is 1. The minimum atomic E-state index is -0.778. The van der Waals surface area contributed by atoms with Gasteiger partial charge in [-0.25, -0.2) is 0 Å². The third-order valence-electron chi connectivity index (χ3n) is 4.16. The van der Waals surface area contributed by atoms with Gasteiger partial charge in [0.05, 0.1) is 11.9 Å². The molecule has 1 fully saturated rings. The zero-order chi connectivity index (χ0) is 17.6. The van der Waals surface area contributed by atoms with E-state index in [0.717, 1.165) is 41.6 Å². The van der Waals surface area contributed by atoms with Gasteiger partial charge in [-0.05, 0) is 42.2 Å². The third-order valence-corrected chi connectivity index (χ3v) is 5.22. The number of nitrogens with one attached hydrogen (secondary N) is 1. The molecular weight excluding hydrogens is 336 g/mol. The Balaban J connectivity index is 1.46. The normalized spacial score (nSPS) is 19.7. The van der Waals surface area contributed by atoms with Gasteiger partial charge < -0.3 is 15.2 Å². The van der Waals surface area contributed by atoms with Crippen LogP contribution in [0.4, 0.5) is 4.79 Å². The number of hydrogen-bond donors (Lipinski definition) is 2. The smallest absolute Gasteiger partial charge is 0.281 e. The second-order valence-electron chi connectivity index (χ2n) is 5.99. The maximum atomic E-state index is 11.2. The summed E-state index contributed by atoms with van der Waals surface area (Å²) in [5.41, 5.74) is 3.33. The van der Waals surface area contributed by atoms with Crippen molar-refractivity contribution in [2.24, 2.45) is 0 Å². The highest BCUT2D eigenvalue weighted by molar-refractivity contribution is 8.14. The molecular formula is C19H22N2O3S. The van der Waals surface area contributed by atoms with E-state index in [4.69, 9.17) is 4.74 Å². The van der Waals surface area contributed by atoms with Crippen molar-refractivity contribution in [2.45, 2.75) is 37.7 Å². The molecule has 1 aliphatic rings. The number of nitrogens with zero attached hydrogens (tertiary/aromatic N) is 1. The molecule has 1 aromatic carbocycles. The molecule has 0 aliphatic carbocycles. The Kier molecular flexibility index (Phi) is 5.94. The lowest BCUT2D eigenvalue weighted by atomic mass is 10.1. The standard InChI is InChI=1S/C19H22N2O3S/c1-2-13-3-6-15(20-12-13)9-10-24-16-7-4-14(5-8-16)11-17-18(22)21-19(23)25-17/h3-8,12,17-18,22H,2,9-11H2,1H3,(H,21,23). The van der Waals surface area contributed by atoms with Crippen LogP contribution >= 0.6 is 11.8 Å². The Hall–Kier alpha value is -2.05. The van der Waals surface area contributed by atoms with Crippen molar-refractivity contribution in [1.29, 1.82) is 0 Å². The monoisotopic (exact) mass is 358 g/mol. The SMILES string of the molecule is CCc1ccc(CCOc2ccc(CC3SC(=O)NC3O)cc2)nc1. The molecule has 25 heavy (non-hydrogen) atoms. The zero-order valence-electron chi connectivity index (χ0n) is 14.1. The first-order valence-corrected chi connectivity index (χ1v) is 9.33. The van der Waals surface area contributed by atoms with E-state index in [2.05, 4.69) is 23.3 Å². The molecule has 1 aromatic heterocycles. The number of carbonyl (C=O) groups is 1. The maximum Gasteiger partial charge on any atom is 0.281 e. The molecule has 5 nitrogen and oxygen atoms in total. The van der Waals surface area contributed by atoms with Gasteiger partial charge in [0.25, 0.3) is 5.24 Å². The number of ether oxygens (including phenoxy) is 1. The van der Waals surface area contributed by atoms with Gasteiger partial charge in [-0.3, -0.25) is 9.78 Å². The highest BCUT2D eigenvalue weighted by Crippen LogP contribution is 2.26. The lowest BCUT2D eigenvalue weighted by Gasteiger charge is -2.12. The quantitative estimate of drug-likeness (QED) is 0.796. The van der Waals surface area contributed by atoms with Crippen LogP contribution in [-0.2, 0) is 19.3 Å². The molecule has 1 amide bonds. The number of pyridine rings is 1. The molecule has 0 saturated carbocycles. The van der Waals surface area contributed by atoms with E-state index in [0.29, 0.717) is 13.0 Å². The Morgan fingerprint density at radius 2 is 1.96 bits per heavy atom. The van der Waals surface area contributed by atoms with Crippen LogP contribution < -0.4 is 10.1 Å². The van der Waals surface area contributed by atoms with Gasteiger partial charge >= 0.3 is 0 Å². The van der Waals surface area contributed by atoms with E-state index >= 15 is 0 Å². The number of hydrogen-bond acceptors (Lipinski definition) is 5. The molecule has 132 valence electrons. The van der Waals surface area contributed by atoms with Crippen LogP contribution in [0.25, 0.3) is 0 Å². The summed E-state index contributed by atoms with van der Waals surface area (Å²) in [6.07, 6.45) is 3.54. The summed E-state index contributed by atoms with van der Waals surface area (Å²) in [4.78, 5) is 15.7.